The summed E-state index contributed by atoms with van der Waals surface area (Å²) < 4.78 is 5.34. The number of anilines is 1. The number of rotatable bonds is 6. The highest BCUT2D eigenvalue weighted by Crippen LogP contribution is 2.18. The molecule has 0 aliphatic carbocycles. The summed E-state index contributed by atoms with van der Waals surface area (Å²) in [6.45, 7) is 3.04. The van der Waals surface area contributed by atoms with Crippen LogP contribution in [0.4, 0.5) is 10.5 Å². The molecule has 0 saturated heterocycles. The Morgan fingerprint density at radius 3 is 2.48 bits per heavy atom. The SMILES string of the molecule is CCOc1cc(N)cc(C(=O)NCCNC(=O)N(C)C)c1. The second-order valence-corrected chi connectivity index (χ2v) is 4.61. The molecular weight excluding hydrogens is 272 g/mol. The van der Waals surface area contributed by atoms with Gasteiger partial charge in [-0.1, -0.05) is 0 Å². The summed E-state index contributed by atoms with van der Waals surface area (Å²) in [5.74, 6) is 0.297. The van der Waals surface area contributed by atoms with Gasteiger partial charge in [0.2, 0.25) is 0 Å². The van der Waals surface area contributed by atoms with E-state index in [1.807, 2.05) is 6.92 Å². The van der Waals surface area contributed by atoms with Gasteiger partial charge in [0.1, 0.15) is 5.75 Å². The Morgan fingerprint density at radius 1 is 1.19 bits per heavy atom. The third-order valence-electron chi connectivity index (χ3n) is 2.60. The summed E-state index contributed by atoms with van der Waals surface area (Å²) in [5, 5.41) is 5.36. The summed E-state index contributed by atoms with van der Waals surface area (Å²) in [4.78, 5) is 24.7. The summed E-state index contributed by atoms with van der Waals surface area (Å²) in [6, 6.07) is 4.67. The number of urea groups is 1. The van der Waals surface area contributed by atoms with Crippen LogP contribution in [0.2, 0.25) is 0 Å². The molecule has 116 valence electrons. The van der Waals surface area contributed by atoms with Crippen molar-refractivity contribution in [1.29, 1.82) is 0 Å². The van der Waals surface area contributed by atoms with Gasteiger partial charge in [-0.2, -0.15) is 0 Å². The minimum absolute atomic E-state index is 0.202. The zero-order valence-electron chi connectivity index (χ0n) is 12.6. The average molecular weight is 294 g/mol. The van der Waals surface area contributed by atoms with Crippen LogP contribution in [0.5, 0.6) is 5.75 Å². The van der Waals surface area contributed by atoms with Crippen LogP contribution in [-0.2, 0) is 0 Å². The zero-order chi connectivity index (χ0) is 15.8. The van der Waals surface area contributed by atoms with Crippen molar-refractivity contribution in [3.8, 4) is 5.75 Å². The minimum Gasteiger partial charge on any atom is -0.494 e. The van der Waals surface area contributed by atoms with Crippen LogP contribution in [0.1, 0.15) is 17.3 Å². The Kier molecular flexibility index (Phi) is 6.32. The van der Waals surface area contributed by atoms with E-state index in [-0.39, 0.29) is 11.9 Å². The Hall–Kier alpha value is -2.44. The molecule has 0 bridgehead atoms. The molecule has 1 rings (SSSR count). The Balaban J connectivity index is 2.50. The van der Waals surface area contributed by atoms with Crippen molar-refractivity contribution in [2.75, 3.05) is 39.5 Å². The number of benzene rings is 1. The van der Waals surface area contributed by atoms with E-state index in [0.717, 1.165) is 0 Å². The normalized spacial score (nSPS) is 9.86. The van der Waals surface area contributed by atoms with E-state index in [0.29, 0.717) is 36.7 Å². The second kappa shape index (κ2) is 7.98. The third kappa shape index (κ3) is 5.60. The number of hydrogen-bond acceptors (Lipinski definition) is 4. The molecule has 0 atom stereocenters. The highest BCUT2D eigenvalue weighted by Gasteiger charge is 2.08. The van der Waals surface area contributed by atoms with Crippen LogP contribution in [-0.4, -0.2) is 50.6 Å². The van der Waals surface area contributed by atoms with Gasteiger partial charge in [0, 0.05) is 44.5 Å². The van der Waals surface area contributed by atoms with Crippen LogP contribution in [0.15, 0.2) is 18.2 Å². The first-order chi connectivity index (χ1) is 9.93. The van der Waals surface area contributed by atoms with Crippen molar-refractivity contribution in [2.24, 2.45) is 0 Å². The van der Waals surface area contributed by atoms with E-state index in [9.17, 15) is 9.59 Å². The first-order valence-corrected chi connectivity index (χ1v) is 6.70. The lowest BCUT2D eigenvalue weighted by molar-refractivity contribution is 0.0953. The average Bonchev–Trinajstić information content (AvgIpc) is 2.42. The summed E-state index contributed by atoms with van der Waals surface area (Å²) in [7, 11) is 3.30. The van der Waals surface area contributed by atoms with Crippen molar-refractivity contribution in [1.82, 2.24) is 15.5 Å². The maximum Gasteiger partial charge on any atom is 0.316 e. The standard InChI is InChI=1S/C14H22N4O3/c1-4-21-12-8-10(7-11(15)9-12)13(19)16-5-6-17-14(20)18(2)3/h7-9H,4-6,15H2,1-3H3,(H,16,19)(H,17,20). The molecule has 0 unspecified atom stereocenters. The van der Waals surface area contributed by atoms with Crippen LogP contribution in [0.25, 0.3) is 0 Å². The Morgan fingerprint density at radius 2 is 1.86 bits per heavy atom. The van der Waals surface area contributed by atoms with Gasteiger partial charge < -0.3 is 26.0 Å². The van der Waals surface area contributed by atoms with Gasteiger partial charge in [0.05, 0.1) is 6.61 Å². The number of hydrogen-bond donors (Lipinski definition) is 3. The third-order valence-corrected chi connectivity index (χ3v) is 2.60. The fourth-order valence-corrected chi connectivity index (χ4v) is 1.61. The molecule has 3 amide bonds. The molecule has 0 radical (unpaired) electrons. The van der Waals surface area contributed by atoms with E-state index in [1.165, 1.54) is 4.90 Å². The van der Waals surface area contributed by atoms with Crippen LogP contribution in [0.3, 0.4) is 0 Å². The second-order valence-electron chi connectivity index (χ2n) is 4.61. The molecule has 1 aromatic rings. The molecule has 0 fully saturated rings. The van der Waals surface area contributed by atoms with Gasteiger partial charge in [-0.3, -0.25) is 4.79 Å². The fourth-order valence-electron chi connectivity index (χ4n) is 1.61. The monoisotopic (exact) mass is 294 g/mol. The van der Waals surface area contributed by atoms with Crippen LogP contribution >= 0.6 is 0 Å². The lowest BCUT2D eigenvalue weighted by Crippen LogP contribution is -2.39. The summed E-state index contributed by atoms with van der Waals surface area (Å²) in [6.07, 6.45) is 0. The molecule has 0 heterocycles. The zero-order valence-corrected chi connectivity index (χ0v) is 12.6. The van der Waals surface area contributed by atoms with Crippen molar-refractivity contribution in [3.05, 3.63) is 23.8 Å². The maximum atomic E-state index is 12.0. The smallest absolute Gasteiger partial charge is 0.316 e. The Bertz CT molecular complexity index is 503. The molecule has 1 aromatic carbocycles. The fraction of sp³-hybridized carbons (Fsp3) is 0.429. The summed E-state index contributed by atoms with van der Waals surface area (Å²) in [5.41, 5.74) is 6.63. The van der Waals surface area contributed by atoms with Gasteiger partial charge in [0.15, 0.2) is 0 Å². The van der Waals surface area contributed by atoms with E-state index in [4.69, 9.17) is 10.5 Å². The molecule has 0 saturated carbocycles. The molecule has 7 heteroatoms. The molecule has 0 aliphatic rings. The molecule has 0 aromatic heterocycles. The molecule has 0 spiro atoms. The van der Waals surface area contributed by atoms with Crippen molar-refractivity contribution >= 4 is 17.6 Å². The van der Waals surface area contributed by atoms with Gasteiger partial charge in [-0.25, -0.2) is 4.79 Å². The highest BCUT2D eigenvalue weighted by molar-refractivity contribution is 5.95. The molecule has 4 N–H and O–H groups in total. The predicted octanol–water partition coefficient (Wildman–Crippen LogP) is 0.669. The van der Waals surface area contributed by atoms with Gasteiger partial charge in [-0.15, -0.1) is 0 Å². The lowest BCUT2D eigenvalue weighted by Gasteiger charge is -2.12. The number of nitrogens with two attached hydrogens (primary N) is 1. The largest absolute Gasteiger partial charge is 0.494 e. The number of ether oxygens (including phenoxy) is 1. The van der Waals surface area contributed by atoms with Gasteiger partial charge in [0.25, 0.3) is 5.91 Å². The quantitative estimate of drug-likeness (QED) is 0.530. The van der Waals surface area contributed by atoms with Crippen molar-refractivity contribution < 1.29 is 14.3 Å². The number of nitrogens with one attached hydrogen (secondary N) is 2. The molecular formula is C14H22N4O3. The number of amides is 3. The Labute approximate surface area is 124 Å². The van der Waals surface area contributed by atoms with Gasteiger partial charge in [-0.05, 0) is 19.1 Å². The van der Waals surface area contributed by atoms with Crippen LogP contribution < -0.4 is 21.1 Å². The predicted molar refractivity (Wildman–Crippen MR) is 81.4 cm³/mol. The van der Waals surface area contributed by atoms with Gasteiger partial charge >= 0.3 is 6.03 Å². The van der Waals surface area contributed by atoms with E-state index in [2.05, 4.69) is 10.6 Å². The van der Waals surface area contributed by atoms with E-state index in [1.54, 1.807) is 32.3 Å². The first kappa shape index (κ1) is 16.6. The lowest BCUT2D eigenvalue weighted by atomic mass is 10.1. The molecule has 21 heavy (non-hydrogen) atoms. The van der Waals surface area contributed by atoms with E-state index >= 15 is 0 Å². The highest BCUT2D eigenvalue weighted by atomic mass is 16.5. The minimum atomic E-state index is -0.262. The topological polar surface area (TPSA) is 96.7 Å². The molecule has 0 aliphatic heterocycles. The number of nitrogens with zero attached hydrogens (tertiary/aromatic N) is 1. The molecule has 7 nitrogen and oxygen atoms in total. The van der Waals surface area contributed by atoms with Crippen LogP contribution in [0, 0.1) is 0 Å². The van der Waals surface area contributed by atoms with Crippen molar-refractivity contribution in [2.45, 2.75) is 6.92 Å². The number of carbonyl (C=O) groups excluding carboxylic acids is 2. The maximum absolute atomic E-state index is 12.0. The first-order valence-electron chi connectivity index (χ1n) is 6.70. The number of nitrogen functional groups attached to an aromatic ring is 1. The summed E-state index contributed by atoms with van der Waals surface area (Å²) >= 11 is 0. The number of carbonyl (C=O) groups is 2. The van der Waals surface area contributed by atoms with E-state index < -0.39 is 0 Å². The van der Waals surface area contributed by atoms with Crippen molar-refractivity contribution in [3.63, 3.8) is 0 Å².